The van der Waals surface area contributed by atoms with Gasteiger partial charge in [-0.15, -0.1) is 0 Å². The van der Waals surface area contributed by atoms with Crippen molar-refractivity contribution < 1.29 is 9.84 Å². The second kappa shape index (κ2) is 4.75. The highest BCUT2D eigenvalue weighted by atomic mass is 16.5. The SMILES string of the molecule is Cn1ncc2c(NC3(CO)CCOCC3)ncnc21. The molecule has 19 heavy (non-hydrogen) atoms. The Balaban J connectivity index is 1.95. The second-order valence-electron chi connectivity index (χ2n) is 4.90. The Morgan fingerprint density at radius 3 is 2.95 bits per heavy atom. The predicted molar refractivity (Wildman–Crippen MR) is 69.8 cm³/mol. The third kappa shape index (κ3) is 2.15. The molecule has 1 saturated heterocycles. The van der Waals surface area contributed by atoms with Crippen molar-refractivity contribution in [2.24, 2.45) is 7.05 Å². The molecule has 0 amide bonds. The summed E-state index contributed by atoms with van der Waals surface area (Å²) in [6, 6.07) is 0. The van der Waals surface area contributed by atoms with Gasteiger partial charge in [0.1, 0.15) is 12.1 Å². The number of ether oxygens (including phenoxy) is 1. The molecule has 102 valence electrons. The van der Waals surface area contributed by atoms with Crippen LogP contribution in [0.15, 0.2) is 12.5 Å². The van der Waals surface area contributed by atoms with E-state index in [1.54, 1.807) is 10.9 Å². The Kier molecular flexibility index (Phi) is 3.08. The van der Waals surface area contributed by atoms with Crippen molar-refractivity contribution in [1.82, 2.24) is 19.7 Å². The van der Waals surface area contributed by atoms with Crippen LogP contribution in [0.5, 0.6) is 0 Å². The maximum absolute atomic E-state index is 9.70. The molecular weight excluding hydrogens is 246 g/mol. The monoisotopic (exact) mass is 263 g/mol. The lowest BCUT2D eigenvalue weighted by Crippen LogP contribution is -2.47. The summed E-state index contributed by atoms with van der Waals surface area (Å²) in [7, 11) is 1.84. The fourth-order valence-electron chi connectivity index (χ4n) is 2.40. The Hall–Kier alpha value is -1.73. The molecule has 1 aliphatic heterocycles. The van der Waals surface area contributed by atoms with E-state index in [-0.39, 0.29) is 12.1 Å². The molecule has 3 heterocycles. The van der Waals surface area contributed by atoms with Gasteiger partial charge in [-0.25, -0.2) is 9.97 Å². The van der Waals surface area contributed by atoms with Gasteiger partial charge >= 0.3 is 0 Å². The minimum atomic E-state index is -0.366. The topological polar surface area (TPSA) is 85.1 Å². The van der Waals surface area contributed by atoms with Gasteiger partial charge in [0, 0.05) is 20.3 Å². The Bertz CT molecular complexity index is 577. The number of nitrogens with zero attached hydrogens (tertiary/aromatic N) is 4. The molecule has 7 nitrogen and oxygen atoms in total. The van der Waals surface area contributed by atoms with Crippen molar-refractivity contribution in [3.63, 3.8) is 0 Å². The molecule has 2 aromatic rings. The van der Waals surface area contributed by atoms with E-state index in [4.69, 9.17) is 4.74 Å². The van der Waals surface area contributed by atoms with Crippen LogP contribution in [0.4, 0.5) is 5.82 Å². The van der Waals surface area contributed by atoms with Gasteiger partial charge < -0.3 is 15.2 Å². The van der Waals surface area contributed by atoms with E-state index in [1.807, 2.05) is 7.05 Å². The molecule has 0 aromatic carbocycles. The first-order chi connectivity index (χ1) is 9.24. The molecular formula is C12H17N5O2. The first kappa shape index (κ1) is 12.3. The van der Waals surface area contributed by atoms with E-state index in [0.29, 0.717) is 19.0 Å². The molecule has 2 N–H and O–H groups in total. The van der Waals surface area contributed by atoms with Crippen molar-refractivity contribution in [2.75, 3.05) is 25.1 Å². The molecule has 0 bridgehead atoms. The highest BCUT2D eigenvalue weighted by molar-refractivity contribution is 5.86. The normalized spacial score (nSPS) is 18.6. The van der Waals surface area contributed by atoms with Crippen molar-refractivity contribution in [3.05, 3.63) is 12.5 Å². The molecule has 1 fully saturated rings. The van der Waals surface area contributed by atoms with Gasteiger partial charge in [-0.3, -0.25) is 4.68 Å². The summed E-state index contributed by atoms with van der Waals surface area (Å²) in [5.41, 5.74) is 0.410. The molecule has 0 unspecified atom stereocenters. The zero-order valence-corrected chi connectivity index (χ0v) is 10.8. The molecule has 0 atom stereocenters. The van der Waals surface area contributed by atoms with Crippen molar-refractivity contribution in [2.45, 2.75) is 18.4 Å². The zero-order valence-electron chi connectivity index (χ0n) is 10.8. The Morgan fingerprint density at radius 2 is 2.21 bits per heavy atom. The maximum Gasteiger partial charge on any atom is 0.163 e. The second-order valence-corrected chi connectivity index (χ2v) is 4.90. The lowest BCUT2D eigenvalue weighted by molar-refractivity contribution is 0.0379. The van der Waals surface area contributed by atoms with Crippen LogP contribution in [0.1, 0.15) is 12.8 Å². The number of fused-ring (bicyclic) bond motifs is 1. The van der Waals surface area contributed by atoms with Gasteiger partial charge in [-0.05, 0) is 12.8 Å². The maximum atomic E-state index is 9.70. The van der Waals surface area contributed by atoms with E-state index in [2.05, 4.69) is 20.4 Å². The van der Waals surface area contributed by atoms with E-state index in [9.17, 15) is 5.11 Å². The number of aliphatic hydroxyl groups is 1. The third-order valence-corrected chi connectivity index (χ3v) is 3.67. The van der Waals surface area contributed by atoms with Crippen LogP contribution in [0, 0.1) is 0 Å². The average Bonchev–Trinajstić information content (AvgIpc) is 2.83. The van der Waals surface area contributed by atoms with Crippen LogP contribution in [0.25, 0.3) is 11.0 Å². The smallest absolute Gasteiger partial charge is 0.163 e. The summed E-state index contributed by atoms with van der Waals surface area (Å²) in [6.07, 6.45) is 4.77. The molecule has 0 aliphatic carbocycles. The number of nitrogens with one attached hydrogen (secondary N) is 1. The molecule has 1 aliphatic rings. The fraction of sp³-hybridized carbons (Fsp3) is 0.583. The molecule has 0 radical (unpaired) electrons. The zero-order chi connectivity index (χ0) is 13.3. The van der Waals surface area contributed by atoms with Gasteiger partial charge in [0.15, 0.2) is 5.65 Å². The summed E-state index contributed by atoms with van der Waals surface area (Å²) in [6.45, 7) is 1.35. The van der Waals surface area contributed by atoms with Crippen molar-refractivity contribution in [3.8, 4) is 0 Å². The number of rotatable bonds is 3. The van der Waals surface area contributed by atoms with Crippen LogP contribution in [0.3, 0.4) is 0 Å². The average molecular weight is 263 g/mol. The van der Waals surface area contributed by atoms with Crippen LogP contribution < -0.4 is 5.32 Å². The number of hydrogen-bond donors (Lipinski definition) is 2. The summed E-state index contributed by atoms with van der Waals surface area (Å²) < 4.78 is 7.06. The van der Waals surface area contributed by atoms with E-state index < -0.39 is 0 Å². The van der Waals surface area contributed by atoms with Gasteiger partial charge in [-0.1, -0.05) is 0 Å². The lowest BCUT2D eigenvalue weighted by atomic mass is 9.91. The predicted octanol–water partition coefficient (Wildman–Crippen LogP) is 0.317. The summed E-state index contributed by atoms with van der Waals surface area (Å²) in [5, 5.41) is 18.1. The number of anilines is 1. The first-order valence-corrected chi connectivity index (χ1v) is 6.34. The lowest BCUT2D eigenvalue weighted by Gasteiger charge is -2.36. The number of aryl methyl sites for hydroxylation is 1. The van der Waals surface area contributed by atoms with Gasteiger partial charge in [0.05, 0.1) is 23.7 Å². The summed E-state index contributed by atoms with van der Waals surface area (Å²) in [4.78, 5) is 8.49. The van der Waals surface area contributed by atoms with E-state index in [1.165, 1.54) is 6.33 Å². The Morgan fingerprint density at radius 1 is 1.42 bits per heavy atom. The van der Waals surface area contributed by atoms with Gasteiger partial charge in [0.25, 0.3) is 0 Å². The van der Waals surface area contributed by atoms with Gasteiger partial charge in [0.2, 0.25) is 0 Å². The van der Waals surface area contributed by atoms with E-state index >= 15 is 0 Å². The number of aliphatic hydroxyl groups excluding tert-OH is 1. The quantitative estimate of drug-likeness (QED) is 0.829. The molecule has 3 rings (SSSR count). The summed E-state index contributed by atoms with van der Waals surface area (Å²) in [5.74, 6) is 0.717. The van der Waals surface area contributed by atoms with E-state index in [0.717, 1.165) is 23.9 Å². The highest BCUT2D eigenvalue weighted by Gasteiger charge is 2.32. The molecule has 0 saturated carbocycles. The van der Waals surface area contributed by atoms with Crippen LogP contribution in [0.2, 0.25) is 0 Å². The molecule has 2 aromatic heterocycles. The molecule has 0 spiro atoms. The van der Waals surface area contributed by atoms with Crippen LogP contribution in [-0.2, 0) is 11.8 Å². The van der Waals surface area contributed by atoms with Crippen molar-refractivity contribution in [1.29, 1.82) is 0 Å². The van der Waals surface area contributed by atoms with Crippen molar-refractivity contribution >= 4 is 16.9 Å². The highest BCUT2D eigenvalue weighted by Crippen LogP contribution is 2.27. The first-order valence-electron chi connectivity index (χ1n) is 6.34. The fourth-order valence-corrected chi connectivity index (χ4v) is 2.40. The van der Waals surface area contributed by atoms with Crippen LogP contribution in [-0.4, -0.2) is 50.2 Å². The standard InChI is InChI=1S/C12H17N5O2/c1-17-11-9(6-15-17)10(13-8-14-11)16-12(7-18)2-4-19-5-3-12/h6,8,18H,2-5,7H2,1H3,(H,13,14,16). The minimum Gasteiger partial charge on any atom is -0.394 e. The minimum absolute atomic E-state index is 0.0577. The Labute approximate surface area is 110 Å². The number of hydrogen-bond acceptors (Lipinski definition) is 6. The number of aromatic nitrogens is 4. The van der Waals surface area contributed by atoms with Gasteiger partial charge in [-0.2, -0.15) is 5.10 Å². The third-order valence-electron chi connectivity index (χ3n) is 3.67. The summed E-state index contributed by atoms with van der Waals surface area (Å²) >= 11 is 0. The molecule has 7 heteroatoms. The largest absolute Gasteiger partial charge is 0.394 e. The van der Waals surface area contributed by atoms with Crippen LogP contribution >= 0.6 is 0 Å².